The van der Waals surface area contributed by atoms with Crippen LogP contribution in [0.1, 0.15) is 73.9 Å². The third kappa shape index (κ3) is 7.95. The monoisotopic (exact) mass is 651 g/mol. The molecule has 8 nitrogen and oxygen atoms in total. The first-order valence-corrected chi connectivity index (χ1v) is 15.5. The van der Waals surface area contributed by atoms with E-state index in [1.165, 1.54) is 18.2 Å². The number of alkyl halides is 6. The van der Waals surface area contributed by atoms with Crippen molar-refractivity contribution in [3.05, 3.63) is 71.0 Å². The second-order valence-corrected chi connectivity index (χ2v) is 11.7. The first-order chi connectivity index (χ1) is 21.9. The standard InChI is InChI=1S/C20H24F3N5O.C12H15F3N2/c1-2-14-10-18(16-9-13(20(21,22)23)3-4-17(16)26-14)27-19-24-11-15(12-25-19)28-5-7-29-8-6-28;1-2-8-6-10(16)9-5-7(12(13,14)15)3-4-11(9)17-8/h3-4,9,11-12,14,18,26H,2,5-8,10H2,1H3,(H,24,25,27);3-5,8,10,17H,2,6,16H2,1H3/t14-,18+;8-,10+/m11/s1. The van der Waals surface area contributed by atoms with Crippen LogP contribution >= 0.6 is 0 Å². The number of ether oxygens (including phenoxy) is 1. The summed E-state index contributed by atoms with van der Waals surface area (Å²) < 4.78 is 82.6. The van der Waals surface area contributed by atoms with Crippen LogP contribution in [0.3, 0.4) is 0 Å². The summed E-state index contributed by atoms with van der Waals surface area (Å²) in [7, 11) is 0. The first-order valence-electron chi connectivity index (χ1n) is 15.5. The molecule has 6 rings (SSSR count). The highest BCUT2D eigenvalue weighted by Gasteiger charge is 2.35. The lowest BCUT2D eigenvalue weighted by molar-refractivity contribution is -0.138. The molecule has 250 valence electrons. The van der Waals surface area contributed by atoms with Crippen molar-refractivity contribution in [2.75, 3.05) is 47.2 Å². The maximum atomic E-state index is 13.2. The van der Waals surface area contributed by atoms with Gasteiger partial charge < -0.3 is 31.3 Å². The molecule has 4 heterocycles. The van der Waals surface area contributed by atoms with Gasteiger partial charge >= 0.3 is 12.4 Å². The van der Waals surface area contributed by atoms with E-state index in [2.05, 4.69) is 37.7 Å². The van der Waals surface area contributed by atoms with E-state index in [1.54, 1.807) is 12.4 Å². The number of anilines is 4. The number of nitrogens with two attached hydrogens (primary N) is 1. The summed E-state index contributed by atoms with van der Waals surface area (Å²) >= 11 is 0. The van der Waals surface area contributed by atoms with E-state index in [9.17, 15) is 26.3 Å². The molecule has 0 radical (unpaired) electrons. The Kier molecular flexibility index (Phi) is 10.2. The molecule has 0 unspecified atom stereocenters. The maximum Gasteiger partial charge on any atom is 0.416 e. The number of hydrogen-bond acceptors (Lipinski definition) is 8. The summed E-state index contributed by atoms with van der Waals surface area (Å²) in [6.07, 6.45) is -2.10. The number of nitrogens with one attached hydrogen (secondary N) is 3. The number of morpholine rings is 1. The number of nitrogens with zero attached hydrogens (tertiary/aromatic N) is 3. The Morgan fingerprint density at radius 3 is 1.89 bits per heavy atom. The molecular weight excluding hydrogens is 612 g/mol. The highest BCUT2D eigenvalue weighted by Crippen LogP contribution is 2.40. The summed E-state index contributed by atoms with van der Waals surface area (Å²) in [5.74, 6) is 0.409. The van der Waals surface area contributed by atoms with Gasteiger partial charge in [0.05, 0.1) is 48.5 Å². The lowest BCUT2D eigenvalue weighted by Gasteiger charge is -2.34. The van der Waals surface area contributed by atoms with Crippen molar-refractivity contribution in [2.24, 2.45) is 5.73 Å². The Labute approximate surface area is 264 Å². The van der Waals surface area contributed by atoms with E-state index < -0.39 is 23.5 Å². The van der Waals surface area contributed by atoms with Gasteiger partial charge in [-0.1, -0.05) is 13.8 Å². The number of halogens is 6. The SMILES string of the molecule is CC[C@@H]1C[C@H](N)c2cc(C(F)(F)F)ccc2N1.CC[C@@H]1C[C@H](Nc2ncc(N3CCOCC3)cn2)c2cc(C(F)(F)F)ccc2N1. The van der Waals surface area contributed by atoms with Crippen LogP contribution in [0.25, 0.3) is 0 Å². The van der Waals surface area contributed by atoms with Crippen LogP contribution in [0.2, 0.25) is 0 Å². The summed E-state index contributed by atoms with van der Waals surface area (Å²) in [6.45, 7) is 7.00. The molecule has 3 aliphatic heterocycles. The van der Waals surface area contributed by atoms with Crippen LogP contribution in [-0.4, -0.2) is 48.4 Å². The normalized spacial score (nSPS) is 22.8. The Morgan fingerprint density at radius 2 is 1.35 bits per heavy atom. The van der Waals surface area contributed by atoms with Crippen molar-refractivity contribution in [3.8, 4) is 0 Å². The van der Waals surface area contributed by atoms with Crippen LogP contribution in [-0.2, 0) is 17.1 Å². The molecular formula is C32H39F6N7O. The van der Waals surface area contributed by atoms with Gasteiger partial charge in [0.1, 0.15) is 0 Å². The Hall–Kier alpha value is -3.78. The van der Waals surface area contributed by atoms with Crippen LogP contribution in [0.15, 0.2) is 48.8 Å². The van der Waals surface area contributed by atoms with Gasteiger partial charge in [0.2, 0.25) is 5.95 Å². The molecule has 46 heavy (non-hydrogen) atoms. The minimum atomic E-state index is -4.38. The quantitative estimate of drug-likeness (QED) is 0.212. The minimum absolute atomic E-state index is 0.171. The summed E-state index contributed by atoms with van der Waals surface area (Å²) in [4.78, 5) is 10.9. The minimum Gasteiger partial charge on any atom is -0.382 e. The van der Waals surface area contributed by atoms with Gasteiger partial charge in [0.25, 0.3) is 0 Å². The topological polar surface area (TPSA) is 100 Å². The van der Waals surface area contributed by atoms with Gasteiger partial charge in [-0.2, -0.15) is 26.3 Å². The van der Waals surface area contributed by atoms with Crippen molar-refractivity contribution < 1.29 is 31.1 Å². The predicted octanol–water partition coefficient (Wildman–Crippen LogP) is 7.38. The lowest BCUT2D eigenvalue weighted by atomic mass is 9.90. The molecule has 1 fully saturated rings. The number of benzene rings is 2. The first kappa shape index (κ1) is 33.6. The average molecular weight is 652 g/mol. The molecule has 14 heteroatoms. The van der Waals surface area contributed by atoms with E-state index in [0.29, 0.717) is 43.1 Å². The Bertz CT molecular complexity index is 1460. The average Bonchev–Trinajstić information content (AvgIpc) is 3.04. The second kappa shape index (κ2) is 13.9. The predicted molar refractivity (Wildman–Crippen MR) is 166 cm³/mol. The zero-order chi connectivity index (χ0) is 33.1. The summed E-state index contributed by atoms with van der Waals surface area (Å²) in [5, 5.41) is 9.77. The number of fused-ring (bicyclic) bond motifs is 2. The molecule has 3 aliphatic rings. The van der Waals surface area contributed by atoms with Crippen LogP contribution in [0, 0.1) is 0 Å². The van der Waals surface area contributed by atoms with Crippen molar-refractivity contribution in [1.29, 1.82) is 0 Å². The molecule has 0 spiro atoms. The third-order valence-corrected chi connectivity index (χ3v) is 8.61. The zero-order valence-corrected chi connectivity index (χ0v) is 25.7. The number of hydrogen-bond donors (Lipinski definition) is 4. The fourth-order valence-corrected chi connectivity index (χ4v) is 5.95. The van der Waals surface area contributed by atoms with Crippen LogP contribution in [0.5, 0.6) is 0 Å². The largest absolute Gasteiger partial charge is 0.416 e. The molecule has 1 aromatic heterocycles. The van der Waals surface area contributed by atoms with E-state index in [0.717, 1.165) is 61.2 Å². The Balaban J connectivity index is 0.000000209. The molecule has 4 atom stereocenters. The molecule has 5 N–H and O–H groups in total. The molecule has 0 aliphatic carbocycles. The van der Waals surface area contributed by atoms with E-state index in [-0.39, 0.29) is 24.2 Å². The molecule has 2 aromatic carbocycles. The van der Waals surface area contributed by atoms with E-state index in [1.807, 2.05) is 6.92 Å². The molecule has 1 saturated heterocycles. The van der Waals surface area contributed by atoms with Gasteiger partial charge in [0.15, 0.2) is 0 Å². The highest BCUT2D eigenvalue weighted by molar-refractivity contribution is 5.59. The Morgan fingerprint density at radius 1 is 0.826 bits per heavy atom. The lowest BCUT2D eigenvalue weighted by Crippen LogP contribution is -2.36. The van der Waals surface area contributed by atoms with Gasteiger partial charge in [-0.05, 0) is 73.2 Å². The fourth-order valence-electron chi connectivity index (χ4n) is 5.95. The van der Waals surface area contributed by atoms with Crippen molar-refractivity contribution in [2.45, 2.75) is 76.1 Å². The summed E-state index contributed by atoms with van der Waals surface area (Å²) in [5.41, 5.74) is 8.14. The summed E-state index contributed by atoms with van der Waals surface area (Å²) in [6, 6.07) is 7.36. The zero-order valence-electron chi connectivity index (χ0n) is 25.7. The van der Waals surface area contributed by atoms with Gasteiger partial charge in [-0.15, -0.1) is 0 Å². The van der Waals surface area contributed by atoms with Crippen molar-refractivity contribution in [3.63, 3.8) is 0 Å². The molecule has 0 amide bonds. The molecule has 0 saturated carbocycles. The molecule has 3 aromatic rings. The van der Waals surface area contributed by atoms with E-state index in [4.69, 9.17) is 10.5 Å². The van der Waals surface area contributed by atoms with Gasteiger partial charge in [0, 0.05) is 42.6 Å². The van der Waals surface area contributed by atoms with Crippen molar-refractivity contribution in [1.82, 2.24) is 9.97 Å². The maximum absolute atomic E-state index is 13.2. The van der Waals surface area contributed by atoms with E-state index >= 15 is 0 Å². The smallest absolute Gasteiger partial charge is 0.382 e. The number of rotatable bonds is 5. The van der Waals surface area contributed by atoms with Crippen LogP contribution < -0.4 is 26.6 Å². The fraction of sp³-hybridized carbons (Fsp3) is 0.500. The van der Waals surface area contributed by atoms with Gasteiger partial charge in [-0.25, -0.2) is 9.97 Å². The number of aromatic nitrogens is 2. The molecule has 0 bridgehead atoms. The van der Waals surface area contributed by atoms with Crippen LogP contribution in [0.4, 0.5) is 49.4 Å². The van der Waals surface area contributed by atoms with Crippen molar-refractivity contribution >= 4 is 23.0 Å². The third-order valence-electron chi connectivity index (χ3n) is 8.61. The second-order valence-electron chi connectivity index (χ2n) is 11.7. The van der Waals surface area contributed by atoms with Gasteiger partial charge in [-0.3, -0.25) is 0 Å². The highest BCUT2D eigenvalue weighted by atomic mass is 19.4.